The summed E-state index contributed by atoms with van der Waals surface area (Å²) in [6.07, 6.45) is 3.01. The van der Waals surface area contributed by atoms with Crippen LogP contribution in [-0.4, -0.2) is 28.3 Å². The lowest BCUT2D eigenvalue weighted by Crippen LogP contribution is -2.13. The lowest BCUT2D eigenvalue weighted by Gasteiger charge is -2.10. The number of para-hydroxylation sites is 1. The quantitative estimate of drug-likeness (QED) is 0.602. The molecule has 1 saturated carbocycles. The lowest BCUT2D eigenvalue weighted by atomic mass is 10.2. The van der Waals surface area contributed by atoms with Gasteiger partial charge in [-0.2, -0.15) is 4.98 Å². The molecule has 0 radical (unpaired) electrons. The number of rotatable bonds is 6. The number of hydrogen-bond acceptors (Lipinski definition) is 6. The summed E-state index contributed by atoms with van der Waals surface area (Å²) >= 11 is 0. The first-order valence-corrected chi connectivity index (χ1v) is 7.50. The number of hydrogen-bond donors (Lipinski definition) is 0. The third-order valence-electron chi connectivity index (χ3n) is 3.38. The molecule has 6 nitrogen and oxygen atoms in total. The molecule has 118 valence electrons. The molecule has 0 bridgehead atoms. The Morgan fingerprint density at radius 1 is 1.22 bits per heavy atom. The predicted molar refractivity (Wildman–Crippen MR) is 81.6 cm³/mol. The van der Waals surface area contributed by atoms with Gasteiger partial charge in [0.15, 0.2) is 5.82 Å². The summed E-state index contributed by atoms with van der Waals surface area (Å²) in [5, 5.41) is 0. The summed E-state index contributed by atoms with van der Waals surface area (Å²) in [5.41, 5.74) is 0.100. The van der Waals surface area contributed by atoms with Gasteiger partial charge in [0.05, 0.1) is 6.61 Å². The van der Waals surface area contributed by atoms with Gasteiger partial charge >= 0.3 is 5.97 Å². The van der Waals surface area contributed by atoms with Crippen LogP contribution in [0.5, 0.6) is 11.6 Å². The molecule has 1 aromatic carbocycles. The van der Waals surface area contributed by atoms with Crippen LogP contribution in [0.4, 0.5) is 0 Å². The number of nitrogens with zero attached hydrogens (tertiary/aromatic N) is 2. The minimum absolute atomic E-state index is 0.00646. The average molecular weight is 312 g/mol. The summed E-state index contributed by atoms with van der Waals surface area (Å²) in [5.74, 6) is -0.0723. The Morgan fingerprint density at radius 3 is 2.61 bits per heavy atom. The van der Waals surface area contributed by atoms with E-state index in [0.717, 1.165) is 12.8 Å². The van der Waals surface area contributed by atoms with Gasteiger partial charge in [-0.3, -0.25) is 4.79 Å². The van der Waals surface area contributed by atoms with Crippen LogP contribution < -0.4 is 4.74 Å². The number of carbonyl (C=O) groups is 2. The first-order chi connectivity index (χ1) is 11.2. The van der Waals surface area contributed by atoms with E-state index in [4.69, 9.17) is 9.47 Å². The van der Waals surface area contributed by atoms with Crippen LogP contribution in [0.3, 0.4) is 0 Å². The number of ether oxygens (including phenoxy) is 2. The summed E-state index contributed by atoms with van der Waals surface area (Å²) in [6.45, 7) is 1.94. The molecule has 23 heavy (non-hydrogen) atoms. The molecule has 1 aliphatic rings. The van der Waals surface area contributed by atoms with E-state index in [9.17, 15) is 9.59 Å². The van der Waals surface area contributed by atoms with Crippen LogP contribution in [0.1, 0.15) is 40.7 Å². The van der Waals surface area contributed by atoms with Crippen molar-refractivity contribution in [2.75, 3.05) is 6.61 Å². The second-order valence-corrected chi connectivity index (χ2v) is 5.19. The zero-order valence-corrected chi connectivity index (χ0v) is 12.7. The van der Waals surface area contributed by atoms with Gasteiger partial charge in [0.25, 0.3) is 0 Å². The highest BCUT2D eigenvalue weighted by molar-refractivity contribution is 5.97. The van der Waals surface area contributed by atoms with Crippen LogP contribution in [0.25, 0.3) is 0 Å². The Bertz CT molecular complexity index is 727. The maximum absolute atomic E-state index is 12.1. The first kappa shape index (κ1) is 15.1. The van der Waals surface area contributed by atoms with Crippen molar-refractivity contribution in [1.29, 1.82) is 0 Å². The maximum atomic E-state index is 12.1. The van der Waals surface area contributed by atoms with E-state index in [1.165, 1.54) is 6.20 Å². The number of carbonyl (C=O) groups excluding carboxylic acids is 2. The second kappa shape index (κ2) is 6.56. The number of esters is 1. The molecule has 1 heterocycles. The Labute approximate surface area is 133 Å². The Kier molecular flexibility index (Phi) is 4.32. The highest BCUT2D eigenvalue weighted by Crippen LogP contribution is 2.32. The van der Waals surface area contributed by atoms with Crippen LogP contribution >= 0.6 is 0 Å². The Hall–Kier alpha value is -2.76. The fraction of sp³-hybridized carbons (Fsp3) is 0.294. The smallest absolute Gasteiger partial charge is 0.345 e. The van der Waals surface area contributed by atoms with Crippen LogP contribution in [-0.2, 0) is 4.74 Å². The molecular weight excluding hydrogens is 296 g/mol. The average Bonchev–Trinajstić information content (AvgIpc) is 3.40. The minimum atomic E-state index is -0.580. The van der Waals surface area contributed by atoms with E-state index < -0.39 is 5.97 Å². The number of aromatic nitrogens is 2. The number of Topliss-reactive ketones (excluding diaryl/α,β-unsaturated/α-hetero) is 1. The predicted octanol–water partition coefficient (Wildman–Crippen LogP) is 3.04. The van der Waals surface area contributed by atoms with Crippen molar-refractivity contribution in [3.63, 3.8) is 0 Å². The van der Waals surface area contributed by atoms with E-state index in [1.807, 2.05) is 6.07 Å². The molecule has 1 aliphatic carbocycles. The van der Waals surface area contributed by atoms with Crippen molar-refractivity contribution in [2.45, 2.75) is 19.8 Å². The van der Waals surface area contributed by atoms with Gasteiger partial charge in [-0.05, 0) is 31.9 Å². The minimum Gasteiger partial charge on any atom is -0.462 e. The van der Waals surface area contributed by atoms with Gasteiger partial charge < -0.3 is 9.47 Å². The van der Waals surface area contributed by atoms with Gasteiger partial charge in [0.2, 0.25) is 11.7 Å². The molecule has 0 aliphatic heterocycles. The monoisotopic (exact) mass is 312 g/mol. The number of benzene rings is 1. The zero-order chi connectivity index (χ0) is 16.2. The summed E-state index contributed by atoms with van der Waals surface area (Å²) in [6, 6.07) is 8.92. The molecule has 6 heteroatoms. The highest BCUT2D eigenvalue weighted by Gasteiger charge is 2.33. The van der Waals surface area contributed by atoms with Gasteiger partial charge in [0.1, 0.15) is 11.3 Å². The molecule has 3 rings (SSSR count). The summed E-state index contributed by atoms with van der Waals surface area (Å²) in [4.78, 5) is 32.3. The molecule has 0 N–H and O–H groups in total. The largest absolute Gasteiger partial charge is 0.462 e. The van der Waals surface area contributed by atoms with Gasteiger partial charge in [-0.25, -0.2) is 9.78 Å². The van der Waals surface area contributed by atoms with Gasteiger partial charge in [0, 0.05) is 12.1 Å². The van der Waals surface area contributed by atoms with Gasteiger partial charge in [-0.1, -0.05) is 18.2 Å². The van der Waals surface area contributed by atoms with Crippen molar-refractivity contribution in [1.82, 2.24) is 9.97 Å². The van der Waals surface area contributed by atoms with Crippen molar-refractivity contribution in [3.05, 3.63) is 47.9 Å². The summed E-state index contributed by atoms with van der Waals surface area (Å²) in [7, 11) is 0. The topological polar surface area (TPSA) is 78.4 Å². The molecule has 2 aromatic rings. The molecule has 0 saturated heterocycles. The molecule has 1 fully saturated rings. The van der Waals surface area contributed by atoms with Crippen LogP contribution in [0.2, 0.25) is 0 Å². The van der Waals surface area contributed by atoms with Crippen LogP contribution in [0.15, 0.2) is 36.5 Å². The fourth-order valence-corrected chi connectivity index (χ4v) is 2.04. The van der Waals surface area contributed by atoms with E-state index in [0.29, 0.717) is 5.75 Å². The fourth-order valence-electron chi connectivity index (χ4n) is 2.04. The van der Waals surface area contributed by atoms with Crippen molar-refractivity contribution >= 4 is 11.8 Å². The van der Waals surface area contributed by atoms with Crippen molar-refractivity contribution in [3.8, 4) is 11.6 Å². The molecule has 1 aromatic heterocycles. The maximum Gasteiger partial charge on any atom is 0.345 e. The van der Waals surface area contributed by atoms with Crippen molar-refractivity contribution in [2.24, 2.45) is 5.92 Å². The van der Waals surface area contributed by atoms with Crippen molar-refractivity contribution < 1.29 is 19.1 Å². The standard InChI is InChI=1S/C17H16N2O4/c1-2-22-17(21)13-10-18-15(14(20)11-8-9-11)19-16(13)23-12-6-4-3-5-7-12/h3-7,10-11H,2,8-9H2,1H3. The first-order valence-electron chi connectivity index (χ1n) is 7.50. The Morgan fingerprint density at radius 2 is 1.96 bits per heavy atom. The Balaban J connectivity index is 1.94. The lowest BCUT2D eigenvalue weighted by molar-refractivity contribution is 0.0521. The van der Waals surface area contributed by atoms with Crippen LogP contribution in [0, 0.1) is 5.92 Å². The molecule has 0 atom stereocenters. The molecule has 0 amide bonds. The van der Waals surface area contributed by atoms with Gasteiger partial charge in [-0.15, -0.1) is 0 Å². The molecule has 0 spiro atoms. The molecule has 0 unspecified atom stereocenters. The van der Waals surface area contributed by atoms with E-state index in [-0.39, 0.29) is 35.6 Å². The third kappa shape index (κ3) is 3.53. The third-order valence-corrected chi connectivity index (χ3v) is 3.38. The highest BCUT2D eigenvalue weighted by atomic mass is 16.5. The van der Waals surface area contributed by atoms with E-state index in [2.05, 4.69) is 9.97 Å². The number of ketones is 1. The van der Waals surface area contributed by atoms with E-state index in [1.54, 1.807) is 31.2 Å². The summed E-state index contributed by atoms with van der Waals surface area (Å²) < 4.78 is 10.6. The molecular formula is C17H16N2O4. The second-order valence-electron chi connectivity index (χ2n) is 5.19. The SMILES string of the molecule is CCOC(=O)c1cnc(C(=O)C2CC2)nc1Oc1ccccc1. The van der Waals surface area contributed by atoms with E-state index >= 15 is 0 Å². The normalized spacial score (nSPS) is 13.4. The zero-order valence-electron chi connectivity index (χ0n) is 12.7.